The van der Waals surface area contributed by atoms with Crippen LogP contribution in [-0.4, -0.2) is 31.7 Å². The molecule has 2 N–H and O–H groups in total. The van der Waals surface area contributed by atoms with Crippen LogP contribution in [0.4, 0.5) is 5.69 Å². The third kappa shape index (κ3) is 6.43. The Kier molecular flexibility index (Phi) is 7.59. The van der Waals surface area contributed by atoms with Gasteiger partial charge in [-0.05, 0) is 61.9 Å². The molecule has 7 nitrogen and oxygen atoms in total. The van der Waals surface area contributed by atoms with Crippen molar-refractivity contribution in [2.45, 2.75) is 13.8 Å². The molecular formula is C25H25N3O4. The Morgan fingerprint density at radius 2 is 1.56 bits per heavy atom. The number of hydrogen-bond donors (Lipinski definition) is 2. The Morgan fingerprint density at radius 3 is 2.22 bits per heavy atom. The van der Waals surface area contributed by atoms with Crippen LogP contribution in [0, 0.1) is 13.8 Å². The molecule has 164 valence electrons. The summed E-state index contributed by atoms with van der Waals surface area (Å²) in [7, 11) is 1.51. The molecule has 0 aliphatic heterocycles. The molecule has 0 spiro atoms. The van der Waals surface area contributed by atoms with Gasteiger partial charge >= 0.3 is 0 Å². The average molecular weight is 431 g/mol. The van der Waals surface area contributed by atoms with Crippen LogP contribution in [0.3, 0.4) is 0 Å². The number of hydrogen-bond acceptors (Lipinski definition) is 5. The second-order valence-corrected chi connectivity index (χ2v) is 7.18. The van der Waals surface area contributed by atoms with Gasteiger partial charge in [-0.25, -0.2) is 5.43 Å². The molecule has 0 aromatic heterocycles. The highest BCUT2D eigenvalue weighted by molar-refractivity contribution is 5.95. The summed E-state index contributed by atoms with van der Waals surface area (Å²) in [5.74, 6) is 0.294. The summed E-state index contributed by atoms with van der Waals surface area (Å²) in [5.41, 5.74) is 6.61. The Balaban J connectivity index is 1.55. The first-order valence-corrected chi connectivity index (χ1v) is 10.0. The van der Waals surface area contributed by atoms with E-state index in [4.69, 9.17) is 9.47 Å². The molecule has 3 rings (SSSR count). The molecule has 7 heteroatoms. The third-order valence-electron chi connectivity index (χ3n) is 4.58. The minimum absolute atomic E-state index is 0.162. The zero-order valence-electron chi connectivity index (χ0n) is 18.2. The van der Waals surface area contributed by atoms with Gasteiger partial charge in [0.15, 0.2) is 18.1 Å². The van der Waals surface area contributed by atoms with Crippen molar-refractivity contribution in [2.24, 2.45) is 5.10 Å². The molecule has 0 fully saturated rings. The fraction of sp³-hybridized carbons (Fsp3) is 0.160. The molecular weight excluding hydrogens is 406 g/mol. The zero-order valence-corrected chi connectivity index (χ0v) is 18.2. The molecule has 2 amide bonds. The fourth-order valence-electron chi connectivity index (χ4n) is 2.80. The Hall–Kier alpha value is -4.13. The number of nitrogens with one attached hydrogen (secondary N) is 2. The molecule has 32 heavy (non-hydrogen) atoms. The summed E-state index contributed by atoms with van der Waals surface area (Å²) in [4.78, 5) is 24.3. The minimum Gasteiger partial charge on any atom is -0.493 e. The Labute approximate surface area is 187 Å². The van der Waals surface area contributed by atoms with Crippen LogP contribution in [0.15, 0.2) is 71.8 Å². The maximum atomic E-state index is 12.1. The second kappa shape index (κ2) is 10.8. The van der Waals surface area contributed by atoms with Crippen molar-refractivity contribution in [1.29, 1.82) is 0 Å². The standard InChI is InChI=1S/C25H25N3O4/c1-17-4-9-20(10-5-17)25(30)28-26-15-19-8-13-22(23(14-19)31-3)32-16-24(29)27-21-11-6-18(2)7-12-21/h4-15H,16H2,1-3H3,(H,27,29)(H,28,30)/b26-15-. The van der Waals surface area contributed by atoms with Gasteiger partial charge in [-0.3, -0.25) is 9.59 Å². The molecule has 0 atom stereocenters. The van der Waals surface area contributed by atoms with E-state index in [2.05, 4.69) is 15.8 Å². The summed E-state index contributed by atoms with van der Waals surface area (Å²) >= 11 is 0. The quantitative estimate of drug-likeness (QED) is 0.415. The van der Waals surface area contributed by atoms with E-state index in [0.29, 0.717) is 28.3 Å². The minimum atomic E-state index is -0.298. The number of nitrogens with zero attached hydrogens (tertiary/aromatic N) is 1. The molecule has 0 saturated heterocycles. The maximum Gasteiger partial charge on any atom is 0.271 e. The highest BCUT2D eigenvalue weighted by Crippen LogP contribution is 2.27. The van der Waals surface area contributed by atoms with Crippen molar-refractivity contribution >= 4 is 23.7 Å². The largest absolute Gasteiger partial charge is 0.493 e. The fourth-order valence-corrected chi connectivity index (χ4v) is 2.80. The highest BCUT2D eigenvalue weighted by atomic mass is 16.5. The maximum absolute atomic E-state index is 12.1. The molecule has 0 aliphatic rings. The predicted molar refractivity (Wildman–Crippen MR) is 125 cm³/mol. The van der Waals surface area contributed by atoms with Crippen molar-refractivity contribution in [3.05, 3.63) is 89.0 Å². The van der Waals surface area contributed by atoms with Crippen molar-refractivity contribution in [2.75, 3.05) is 19.0 Å². The van der Waals surface area contributed by atoms with Crippen molar-refractivity contribution in [1.82, 2.24) is 5.43 Å². The highest BCUT2D eigenvalue weighted by Gasteiger charge is 2.09. The van der Waals surface area contributed by atoms with E-state index in [1.165, 1.54) is 13.3 Å². The van der Waals surface area contributed by atoms with Gasteiger partial charge in [-0.15, -0.1) is 0 Å². The number of carbonyl (C=O) groups excluding carboxylic acids is 2. The molecule has 0 unspecified atom stereocenters. The zero-order chi connectivity index (χ0) is 22.9. The van der Waals surface area contributed by atoms with Crippen LogP contribution in [0.1, 0.15) is 27.0 Å². The first-order valence-electron chi connectivity index (χ1n) is 10.0. The van der Waals surface area contributed by atoms with Gasteiger partial charge in [0.05, 0.1) is 13.3 Å². The first-order chi connectivity index (χ1) is 15.4. The average Bonchev–Trinajstić information content (AvgIpc) is 2.80. The summed E-state index contributed by atoms with van der Waals surface area (Å²) in [6.07, 6.45) is 1.50. The van der Waals surface area contributed by atoms with Crippen LogP contribution < -0.4 is 20.2 Å². The Morgan fingerprint density at radius 1 is 0.906 bits per heavy atom. The van der Waals surface area contributed by atoms with Crippen molar-refractivity contribution in [3.63, 3.8) is 0 Å². The number of aryl methyl sites for hydroxylation is 2. The number of benzene rings is 3. The summed E-state index contributed by atoms with van der Waals surface area (Å²) < 4.78 is 11.0. The molecule has 0 bridgehead atoms. The van der Waals surface area contributed by atoms with Crippen LogP contribution in [0.25, 0.3) is 0 Å². The van der Waals surface area contributed by atoms with Crippen molar-refractivity contribution < 1.29 is 19.1 Å². The van der Waals surface area contributed by atoms with E-state index in [0.717, 1.165) is 11.1 Å². The monoisotopic (exact) mass is 431 g/mol. The first kappa shape index (κ1) is 22.6. The third-order valence-corrected chi connectivity index (χ3v) is 4.58. The lowest BCUT2D eigenvalue weighted by Crippen LogP contribution is -2.20. The molecule has 3 aromatic rings. The lowest BCUT2D eigenvalue weighted by atomic mass is 10.1. The lowest BCUT2D eigenvalue weighted by Gasteiger charge is -2.11. The van der Waals surface area contributed by atoms with Gasteiger partial charge in [0.2, 0.25) is 0 Å². The number of carbonyl (C=O) groups is 2. The molecule has 3 aromatic carbocycles. The van der Waals surface area contributed by atoms with Crippen LogP contribution in [0.5, 0.6) is 11.5 Å². The van der Waals surface area contributed by atoms with Gasteiger partial charge in [0, 0.05) is 11.3 Å². The van der Waals surface area contributed by atoms with E-state index >= 15 is 0 Å². The van der Waals surface area contributed by atoms with Crippen LogP contribution in [-0.2, 0) is 4.79 Å². The van der Waals surface area contributed by atoms with E-state index < -0.39 is 0 Å². The predicted octanol–water partition coefficient (Wildman–Crippen LogP) is 4.09. The van der Waals surface area contributed by atoms with Gasteiger partial charge < -0.3 is 14.8 Å². The second-order valence-electron chi connectivity index (χ2n) is 7.18. The number of amides is 2. The Bertz CT molecular complexity index is 1110. The number of anilines is 1. The summed E-state index contributed by atoms with van der Waals surface area (Å²) in [6, 6.07) is 19.8. The van der Waals surface area contributed by atoms with Gasteiger partial charge in [-0.2, -0.15) is 5.10 Å². The summed E-state index contributed by atoms with van der Waals surface area (Å²) in [5, 5.41) is 6.76. The van der Waals surface area contributed by atoms with Crippen LogP contribution in [0.2, 0.25) is 0 Å². The number of ether oxygens (including phenoxy) is 2. The van der Waals surface area contributed by atoms with E-state index in [1.54, 1.807) is 30.3 Å². The van der Waals surface area contributed by atoms with Crippen LogP contribution >= 0.6 is 0 Å². The topological polar surface area (TPSA) is 89.0 Å². The smallest absolute Gasteiger partial charge is 0.271 e. The molecule has 0 aliphatic carbocycles. The van der Waals surface area contributed by atoms with E-state index in [1.807, 2.05) is 50.2 Å². The molecule has 0 saturated carbocycles. The lowest BCUT2D eigenvalue weighted by molar-refractivity contribution is -0.118. The molecule has 0 radical (unpaired) electrons. The van der Waals surface area contributed by atoms with E-state index in [9.17, 15) is 9.59 Å². The van der Waals surface area contributed by atoms with Gasteiger partial charge in [0.1, 0.15) is 0 Å². The molecule has 0 heterocycles. The number of rotatable bonds is 8. The van der Waals surface area contributed by atoms with Gasteiger partial charge in [-0.1, -0.05) is 35.4 Å². The van der Waals surface area contributed by atoms with Gasteiger partial charge in [0.25, 0.3) is 11.8 Å². The summed E-state index contributed by atoms with van der Waals surface area (Å²) in [6.45, 7) is 3.77. The van der Waals surface area contributed by atoms with Crippen molar-refractivity contribution in [3.8, 4) is 11.5 Å². The number of methoxy groups -OCH3 is 1. The number of hydrazone groups is 1. The SMILES string of the molecule is COc1cc(/C=N\NC(=O)c2ccc(C)cc2)ccc1OCC(=O)Nc1ccc(C)cc1. The van der Waals surface area contributed by atoms with E-state index in [-0.39, 0.29) is 18.4 Å². The normalized spacial score (nSPS) is 10.6.